The molecule has 7 nitrogen and oxygen atoms in total. The largest absolute Gasteiger partial charge is 0.324 e. The van der Waals surface area contributed by atoms with E-state index in [4.69, 9.17) is 0 Å². The smallest absolute Gasteiger partial charge is 0.307 e. The number of rotatable bonds is 5. The summed E-state index contributed by atoms with van der Waals surface area (Å²) in [7, 11) is 0. The van der Waals surface area contributed by atoms with Crippen molar-refractivity contribution in [2.75, 3.05) is 5.32 Å². The first-order chi connectivity index (χ1) is 10.4. The van der Waals surface area contributed by atoms with Gasteiger partial charge in [-0.05, 0) is 30.5 Å². The molecule has 1 atom stereocenters. The predicted octanol–water partition coefficient (Wildman–Crippen LogP) is 3.11. The van der Waals surface area contributed by atoms with Crippen LogP contribution >= 0.6 is 0 Å². The Labute approximate surface area is 128 Å². The highest BCUT2D eigenvalue weighted by Crippen LogP contribution is 2.19. The topological polar surface area (TPSA) is 90.1 Å². The van der Waals surface area contributed by atoms with Gasteiger partial charge in [0.05, 0.1) is 4.92 Å². The van der Waals surface area contributed by atoms with Gasteiger partial charge in [-0.1, -0.05) is 26.0 Å². The highest BCUT2D eigenvalue weighted by atomic mass is 16.6. The number of anilines is 1. The van der Waals surface area contributed by atoms with E-state index in [-0.39, 0.29) is 11.6 Å². The Morgan fingerprint density at radius 3 is 2.41 bits per heavy atom. The van der Waals surface area contributed by atoms with E-state index in [0.29, 0.717) is 11.6 Å². The number of carbonyl (C=O) groups is 1. The molecule has 2 rings (SSSR count). The first-order valence-corrected chi connectivity index (χ1v) is 6.98. The summed E-state index contributed by atoms with van der Waals surface area (Å²) >= 11 is 0. The molecule has 0 unspecified atom stereocenters. The molecule has 1 aromatic heterocycles. The quantitative estimate of drug-likeness (QED) is 0.678. The third kappa shape index (κ3) is 3.49. The van der Waals surface area contributed by atoms with E-state index in [1.165, 1.54) is 16.4 Å². The van der Waals surface area contributed by atoms with Crippen LogP contribution in [0.1, 0.15) is 38.3 Å². The molecule has 1 aromatic carbocycles. The average Bonchev–Trinajstić information content (AvgIpc) is 2.97. The highest BCUT2D eigenvalue weighted by Gasteiger charge is 2.19. The number of carbonyl (C=O) groups excluding carboxylic acids is 1. The number of aromatic nitrogens is 2. The van der Waals surface area contributed by atoms with E-state index >= 15 is 0 Å². The summed E-state index contributed by atoms with van der Waals surface area (Å²) in [5, 5.41) is 17.3. The van der Waals surface area contributed by atoms with Crippen molar-refractivity contribution in [3.05, 3.63) is 52.3 Å². The number of hydrogen-bond acceptors (Lipinski definition) is 4. The minimum Gasteiger partial charge on any atom is -0.324 e. The van der Waals surface area contributed by atoms with E-state index in [1.54, 1.807) is 6.92 Å². The number of nitrogens with one attached hydrogen (secondary N) is 1. The second-order valence-corrected chi connectivity index (χ2v) is 5.38. The molecule has 2 aromatic rings. The Balaban J connectivity index is 2.05. The lowest BCUT2D eigenvalue weighted by molar-refractivity contribution is -0.385. The zero-order valence-electron chi connectivity index (χ0n) is 12.7. The standard InChI is InChI=1S/C15H18N4O3/c1-10(2)12-4-6-13(7-5-12)17-15(20)11(3)18-9-14(8-16-18)19(21)22/h4-11H,1-3H3,(H,17,20)/t11-/m0/s1. The van der Waals surface area contributed by atoms with E-state index in [1.807, 2.05) is 24.3 Å². The van der Waals surface area contributed by atoms with Crippen LogP contribution in [0.3, 0.4) is 0 Å². The van der Waals surface area contributed by atoms with Gasteiger partial charge in [0.25, 0.3) is 0 Å². The van der Waals surface area contributed by atoms with Gasteiger partial charge in [0.1, 0.15) is 18.4 Å². The van der Waals surface area contributed by atoms with E-state index in [9.17, 15) is 14.9 Å². The Hall–Kier alpha value is -2.70. The van der Waals surface area contributed by atoms with Crippen LogP contribution in [0.15, 0.2) is 36.7 Å². The van der Waals surface area contributed by atoms with Gasteiger partial charge in [-0.15, -0.1) is 0 Å². The lowest BCUT2D eigenvalue weighted by Gasteiger charge is -2.13. The molecule has 0 aliphatic heterocycles. The van der Waals surface area contributed by atoms with Crippen molar-refractivity contribution >= 4 is 17.3 Å². The van der Waals surface area contributed by atoms with Crippen LogP contribution in [-0.4, -0.2) is 20.6 Å². The lowest BCUT2D eigenvalue weighted by Crippen LogP contribution is -2.24. The van der Waals surface area contributed by atoms with Crippen molar-refractivity contribution in [2.45, 2.75) is 32.7 Å². The van der Waals surface area contributed by atoms with Crippen molar-refractivity contribution in [2.24, 2.45) is 0 Å². The molecule has 0 aliphatic rings. The van der Waals surface area contributed by atoms with Gasteiger partial charge >= 0.3 is 5.69 Å². The molecule has 0 spiro atoms. The molecule has 7 heteroatoms. The molecule has 0 aliphatic carbocycles. The molecule has 1 amide bonds. The molecular formula is C15H18N4O3. The van der Waals surface area contributed by atoms with Crippen LogP contribution in [0.2, 0.25) is 0 Å². The predicted molar refractivity (Wildman–Crippen MR) is 82.8 cm³/mol. The van der Waals surface area contributed by atoms with Crippen LogP contribution in [0, 0.1) is 10.1 Å². The summed E-state index contributed by atoms with van der Waals surface area (Å²) in [6.45, 7) is 5.83. The molecule has 0 bridgehead atoms. The van der Waals surface area contributed by atoms with Gasteiger partial charge in [-0.2, -0.15) is 5.10 Å². The maximum absolute atomic E-state index is 12.2. The summed E-state index contributed by atoms with van der Waals surface area (Å²) in [4.78, 5) is 22.3. The fraction of sp³-hybridized carbons (Fsp3) is 0.333. The van der Waals surface area contributed by atoms with Gasteiger partial charge in [0.15, 0.2) is 0 Å². The molecule has 0 fully saturated rings. The van der Waals surface area contributed by atoms with E-state index in [0.717, 1.165) is 6.20 Å². The summed E-state index contributed by atoms with van der Waals surface area (Å²) in [5.41, 5.74) is 1.73. The van der Waals surface area contributed by atoms with Crippen molar-refractivity contribution in [1.29, 1.82) is 0 Å². The highest BCUT2D eigenvalue weighted by molar-refractivity contribution is 5.93. The Kier molecular flexibility index (Phi) is 4.55. The SMILES string of the molecule is CC(C)c1ccc(NC(=O)[C@H](C)n2cc([N+](=O)[O-])cn2)cc1. The minimum absolute atomic E-state index is 0.138. The van der Waals surface area contributed by atoms with Crippen molar-refractivity contribution in [1.82, 2.24) is 9.78 Å². The Morgan fingerprint density at radius 2 is 1.91 bits per heavy atom. The molecule has 1 N–H and O–H groups in total. The molecule has 1 heterocycles. The summed E-state index contributed by atoms with van der Waals surface area (Å²) in [5.74, 6) is 0.142. The molecule has 0 saturated heterocycles. The first kappa shape index (κ1) is 15.7. The summed E-state index contributed by atoms with van der Waals surface area (Å²) in [6.07, 6.45) is 2.37. The van der Waals surface area contributed by atoms with Crippen LogP contribution in [0.5, 0.6) is 0 Å². The van der Waals surface area contributed by atoms with Crippen LogP contribution in [-0.2, 0) is 4.79 Å². The molecule has 0 saturated carbocycles. The number of benzene rings is 1. The summed E-state index contributed by atoms with van der Waals surface area (Å²) < 4.78 is 1.27. The second kappa shape index (κ2) is 6.38. The van der Waals surface area contributed by atoms with Crippen molar-refractivity contribution < 1.29 is 9.72 Å². The third-order valence-corrected chi connectivity index (χ3v) is 3.42. The number of nitrogens with zero attached hydrogens (tertiary/aromatic N) is 3. The van der Waals surface area contributed by atoms with Crippen molar-refractivity contribution in [3.8, 4) is 0 Å². The lowest BCUT2D eigenvalue weighted by atomic mass is 10.0. The van der Waals surface area contributed by atoms with Gasteiger partial charge in [0.2, 0.25) is 5.91 Å². The van der Waals surface area contributed by atoms with E-state index in [2.05, 4.69) is 24.3 Å². The summed E-state index contributed by atoms with van der Waals surface area (Å²) in [6, 6.07) is 6.96. The second-order valence-electron chi connectivity index (χ2n) is 5.38. The Morgan fingerprint density at radius 1 is 1.27 bits per heavy atom. The zero-order chi connectivity index (χ0) is 16.3. The normalized spacial score (nSPS) is 12.2. The number of amides is 1. The maximum Gasteiger partial charge on any atom is 0.307 e. The minimum atomic E-state index is -0.640. The van der Waals surface area contributed by atoms with Crippen LogP contribution in [0.25, 0.3) is 0 Å². The fourth-order valence-corrected chi connectivity index (χ4v) is 1.95. The first-order valence-electron chi connectivity index (χ1n) is 6.98. The molecule has 0 radical (unpaired) electrons. The monoisotopic (exact) mass is 302 g/mol. The molecule has 22 heavy (non-hydrogen) atoms. The van der Waals surface area contributed by atoms with E-state index < -0.39 is 11.0 Å². The van der Waals surface area contributed by atoms with Gasteiger partial charge in [-0.3, -0.25) is 19.6 Å². The number of nitro groups is 1. The Bertz CT molecular complexity index is 676. The fourth-order valence-electron chi connectivity index (χ4n) is 1.95. The molecular weight excluding hydrogens is 284 g/mol. The van der Waals surface area contributed by atoms with Gasteiger partial charge in [-0.25, -0.2) is 0 Å². The van der Waals surface area contributed by atoms with Gasteiger partial charge < -0.3 is 5.32 Å². The average molecular weight is 302 g/mol. The third-order valence-electron chi connectivity index (χ3n) is 3.42. The number of hydrogen-bond donors (Lipinski definition) is 1. The van der Waals surface area contributed by atoms with Crippen molar-refractivity contribution in [3.63, 3.8) is 0 Å². The molecule has 116 valence electrons. The van der Waals surface area contributed by atoms with Crippen LogP contribution < -0.4 is 5.32 Å². The zero-order valence-corrected chi connectivity index (χ0v) is 12.7. The van der Waals surface area contributed by atoms with Gasteiger partial charge in [0, 0.05) is 5.69 Å². The maximum atomic E-state index is 12.2. The van der Waals surface area contributed by atoms with Crippen LogP contribution in [0.4, 0.5) is 11.4 Å².